The van der Waals surface area contributed by atoms with Gasteiger partial charge in [-0.1, -0.05) is 0 Å². The molecule has 0 aromatic carbocycles. The molecule has 106 valence electrons. The highest BCUT2D eigenvalue weighted by Gasteiger charge is 2.38. The lowest BCUT2D eigenvalue weighted by Crippen LogP contribution is -2.41. The van der Waals surface area contributed by atoms with E-state index in [0.29, 0.717) is 5.25 Å². The molecule has 0 aliphatic carbocycles. The molecule has 1 atom stereocenters. The van der Waals surface area contributed by atoms with Crippen molar-refractivity contribution in [3.63, 3.8) is 0 Å². The third-order valence-electron chi connectivity index (χ3n) is 2.61. The van der Waals surface area contributed by atoms with Crippen LogP contribution in [0.3, 0.4) is 0 Å². The van der Waals surface area contributed by atoms with Crippen LogP contribution >= 0.6 is 11.8 Å². The van der Waals surface area contributed by atoms with E-state index >= 15 is 0 Å². The number of carbonyl (C=O) groups excluding carboxylic acids is 1. The Morgan fingerprint density at radius 3 is 2.61 bits per heavy atom. The first-order chi connectivity index (χ1) is 8.39. The van der Waals surface area contributed by atoms with Gasteiger partial charge in [-0.2, -0.15) is 13.2 Å². The Labute approximate surface area is 108 Å². The Balaban J connectivity index is 2.13. The van der Waals surface area contributed by atoms with Crippen molar-refractivity contribution in [2.24, 2.45) is 0 Å². The van der Waals surface area contributed by atoms with Gasteiger partial charge >= 0.3 is 6.18 Å². The summed E-state index contributed by atoms with van der Waals surface area (Å²) in [5.74, 6) is -0.336. The number of nitrogens with one attached hydrogen (secondary N) is 2. The maximum Gasteiger partial charge on any atom is 0.416 e. The van der Waals surface area contributed by atoms with Crippen LogP contribution in [-0.2, 0) is 4.79 Å². The van der Waals surface area contributed by atoms with Crippen LogP contribution in [0.25, 0.3) is 0 Å². The van der Waals surface area contributed by atoms with Crippen LogP contribution in [0.4, 0.5) is 13.2 Å². The molecule has 1 unspecified atom stereocenters. The fraction of sp³-hybridized carbons (Fsp3) is 0.900. The van der Waals surface area contributed by atoms with E-state index in [-0.39, 0.29) is 5.75 Å². The van der Waals surface area contributed by atoms with Crippen LogP contribution in [0.5, 0.6) is 0 Å². The molecule has 0 spiro atoms. The summed E-state index contributed by atoms with van der Waals surface area (Å²) in [4.78, 5) is 11.3. The minimum Gasteiger partial charge on any atom is -0.382 e. The second-order valence-electron chi connectivity index (χ2n) is 4.12. The lowest BCUT2D eigenvalue weighted by molar-refractivity contribution is -0.201. The van der Waals surface area contributed by atoms with Crippen molar-refractivity contribution in [2.75, 3.05) is 25.4 Å². The Bertz CT molecular complexity index is 270. The number of carbonyl (C=O) groups is 1. The zero-order chi connectivity index (χ0) is 13.6. The monoisotopic (exact) mass is 286 g/mol. The standard InChI is InChI=1S/C10H17F3N2O2S/c11-10(12,13)8(16)5-15-9(17)6-18-7-1-3-14-4-2-7/h7-8,14,16H,1-6H2,(H,15,17). The van der Waals surface area contributed by atoms with Crippen molar-refractivity contribution in [1.82, 2.24) is 10.6 Å². The Hall–Kier alpha value is -0.470. The number of aliphatic hydroxyl groups is 1. The molecule has 1 rings (SSSR count). The highest BCUT2D eigenvalue weighted by Crippen LogP contribution is 2.20. The molecule has 18 heavy (non-hydrogen) atoms. The highest BCUT2D eigenvalue weighted by atomic mass is 32.2. The molecule has 0 bridgehead atoms. The lowest BCUT2D eigenvalue weighted by atomic mass is 10.2. The molecule has 1 fully saturated rings. The van der Waals surface area contributed by atoms with Gasteiger partial charge in [-0.25, -0.2) is 0 Å². The van der Waals surface area contributed by atoms with Gasteiger partial charge in [-0.15, -0.1) is 11.8 Å². The van der Waals surface area contributed by atoms with Crippen molar-refractivity contribution in [1.29, 1.82) is 0 Å². The number of piperidine rings is 1. The van der Waals surface area contributed by atoms with Crippen molar-refractivity contribution in [2.45, 2.75) is 30.4 Å². The van der Waals surface area contributed by atoms with E-state index in [9.17, 15) is 18.0 Å². The molecule has 3 N–H and O–H groups in total. The van der Waals surface area contributed by atoms with Crippen LogP contribution < -0.4 is 10.6 Å². The number of aliphatic hydroxyl groups excluding tert-OH is 1. The van der Waals surface area contributed by atoms with Crippen molar-refractivity contribution in [3.8, 4) is 0 Å². The molecule has 0 aromatic heterocycles. The smallest absolute Gasteiger partial charge is 0.382 e. The molecule has 1 saturated heterocycles. The van der Waals surface area contributed by atoms with E-state index in [0.717, 1.165) is 25.9 Å². The molecular weight excluding hydrogens is 269 g/mol. The fourth-order valence-corrected chi connectivity index (χ4v) is 2.59. The first-order valence-electron chi connectivity index (χ1n) is 5.73. The summed E-state index contributed by atoms with van der Waals surface area (Å²) in [5.41, 5.74) is 0. The van der Waals surface area contributed by atoms with Crippen LogP contribution in [0.2, 0.25) is 0 Å². The average molecular weight is 286 g/mol. The van der Waals surface area contributed by atoms with Crippen molar-refractivity contribution < 1.29 is 23.1 Å². The van der Waals surface area contributed by atoms with Gasteiger partial charge in [0.05, 0.1) is 12.3 Å². The maximum atomic E-state index is 12.0. The summed E-state index contributed by atoms with van der Waals surface area (Å²) in [5, 5.41) is 14.3. The summed E-state index contributed by atoms with van der Waals surface area (Å²) < 4.78 is 35.9. The second-order valence-corrected chi connectivity index (χ2v) is 5.41. The Kier molecular flexibility index (Phi) is 6.24. The third-order valence-corrected chi connectivity index (χ3v) is 3.98. The van der Waals surface area contributed by atoms with Gasteiger partial charge in [0.1, 0.15) is 0 Å². The van der Waals surface area contributed by atoms with Crippen LogP contribution in [-0.4, -0.2) is 53.9 Å². The fourth-order valence-electron chi connectivity index (χ4n) is 1.53. The van der Waals surface area contributed by atoms with Crippen molar-refractivity contribution >= 4 is 17.7 Å². The number of alkyl halides is 3. The van der Waals surface area contributed by atoms with E-state index in [2.05, 4.69) is 10.6 Å². The SMILES string of the molecule is O=C(CSC1CCNCC1)NCC(O)C(F)(F)F. The summed E-state index contributed by atoms with van der Waals surface area (Å²) in [6.45, 7) is 1.03. The number of thioether (sulfide) groups is 1. The van der Waals surface area contributed by atoms with E-state index in [1.807, 2.05) is 0 Å². The quantitative estimate of drug-likeness (QED) is 0.689. The van der Waals surface area contributed by atoms with E-state index in [1.54, 1.807) is 0 Å². The molecule has 8 heteroatoms. The zero-order valence-corrected chi connectivity index (χ0v) is 10.6. The number of amides is 1. The first kappa shape index (κ1) is 15.6. The second kappa shape index (κ2) is 7.20. The topological polar surface area (TPSA) is 61.4 Å². The number of hydrogen-bond acceptors (Lipinski definition) is 4. The molecule has 0 radical (unpaired) electrons. The van der Waals surface area contributed by atoms with E-state index in [4.69, 9.17) is 5.11 Å². The molecule has 1 heterocycles. The molecule has 0 aromatic rings. The molecule has 4 nitrogen and oxygen atoms in total. The predicted octanol–water partition coefficient (Wildman–Crippen LogP) is 0.511. The van der Waals surface area contributed by atoms with Crippen molar-refractivity contribution in [3.05, 3.63) is 0 Å². The van der Waals surface area contributed by atoms with Gasteiger partial charge in [0.2, 0.25) is 5.91 Å². The largest absolute Gasteiger partial charge is 0.416 e. The van der Waals surface area contributed by atoms with Gasteiger partial charge in [-0.05, 0) is 25.9 Å². The van der Waals surface area contributed by atoms with Gasteiger partial charge in [0, 0.05) is 5.25 Å². The average Bonchev–Trinajstić information content (AvgIpc) is 2.33. The Morgan fingerprint density at radius 1 is 1.44 bits per heavy atom. The van der Waals surface area contributed by atoms with Gasteiger partial charge in [0.25, 0.3) is 0 Å². The zero-order valence-electron chi connectivity index (χ0n) is 9.79. The van der Waals surface area contributed by atoms with E-state index in [1.165, 1.54) is 11.8 Å². The summed E-state index contributed by atoms with van der Waals surface area (Å²) in [7, 11) is 0. The van der Waals surface area contributed by atoms with Gasteiger partial charge < -0.3 is 15.7 Å². The molecular formula is C10H17F3N2O2S. The van der Waals surface area contributed by atoms with Crippen LogP contribution in [0.1, 0.15) is 12.8 Å². The van der Waals surface area contributed by atoms with Gasteiger partial charge in [0.15, 0.2) is 6.10 Å². The predicted molar refractivity (Wildman–Crippen MR) is 63.4 cm³/mol. The molecule has 0 saturated carbocycles. The normalized spacial score (nSPS) is 19.6. The summed E-state index contributed by atoms with van der Waals surface area (Å²) >= 11 is 1.45. The number of rotatable bonds is 5. The van der Waals surface area contributed by atoms with Crippen LogP contribution in [0.15, 0.2) is 0 Å². The minimum absolute atomic E-state index is 0.134. The van der Waals surface area contributed by atoms with E-state index < -0.39 is 24.7 Å². The van der Waals surface area contributed by atoms with Gasteiger partial charge in [-0.3, -0.25) is 4.79 Å². The third kappa shape index (κ3) is 5.92. The van der Waals surface area contributed by atoms with Crippen LogP contribution in [0, 0.1) is 0 Å². The number of halogens is 3. The molecule has 1 aliphatic heterocycles. The maximum absolute atomic E-state index is 12.0. The highest BCUT2D eigenvalue weighted by molar-refractivity contribution is 8.00. The first-order valence-corrected chi connectivity index (χ1v) is 6.78. The molecule has 1 aliphatic rings. The molecule has 1 amide bonds. The lowest BCUT2D eigenvalue weighted by Gasteiger charge is -2.22. The Morgan fingerprint density at radius 2 is 2.06 bits per heavy atom. The summed E-state index contributed by atoms with van der Waals surface area (Å²) in [6.07, 6.45) is -5.26. The minimum atomic E-state index is -4.69. The number of hydrogen-bond donors (Lipinski definition) is 3. The summed E-state index contributed by atoms with van der Waals surface area (Å²) in [6, 6.07) is 0.